The fourth-order valence-corrected chi connectivity index (χ4v) is 2.19. The van der Waals surface area contributed by atoms with E-state index in [1.165, 1.54) is 12.8 Å². The van der Waals surface area contributed by atoms with Crippen molar-refractivity contribution in [1.29, 1.82) is 0 Å². The van der Waals surface area contributed by atoms with Crippen molar-refractivity contribution in [2.45, 2.75) is 25.7 Å². The lowest BCUT2D eigenvalue weighted by Gasteiger charge is -2.29. The third kappa shape index (κ3) is 2.22. The lowest BCUT2D eigenvalue weighted by atomic mass is 10.2. The van der Waals surface area contributed by atoms with E-state index in [9.17, 15) is 4.79 Å². The maximum Gasteiger partial charge on any atom is 0.165 e. The maximum atomic E-state index is 11.7. The molecule has 1 aromatic rings. The van der Waals surface area contributed by atoms with Crippen LogP contribution >= 0.6 is 0 Å². The molecule has 0 radical (unpaired) electrons. The first kappa shape index (κ1) is 11.6. The smallest absolute Gasteiger partial charge is 0.165 e. The molecule has 2 aliphatic rings. The SMILES string of the molecule is CC(=O)c1cnc(C2CC2)nc1N1CCOCC1. The van der Waals surface area contributed by atoms with E-state index < -0.39 is 0 Å². The van der Waals surface area contributed by atoms with Crippen LogP contribution in [0.3, 0.4) is 0 Å². The number of carbonyl (C=O) groups excluding carboxylic acids is 1. The summed E-state index contributed by atoms with van der Waals surface area (Å²) < 4.78 is 5.34. The van der Waals surface area contributed by atoms with Gasteiger partial charge in [0.15, 0.2) is 5.78 Å². The second kappa shape index (κ2) is 4.65. The summed E-state index contributed by atoms with van der Waals surface area (Å²) in [5, 5.41) is 0. The Morgan fingerprint density at radius 1 is 1.39 bits per heavy atom. The molecule has 1 aliphatic carbocycles. The zero-order valence-corrected chi connectivity index (χ0v) is 10.6. The molecule has 1 aliphatic heterocycles. The molecule has 2 heterocycles. The van der Waals surface area contributed by atoms with Crippen LogP contribution in [-0.2, 0) is 4.74 Å². The van der Waals surface area contributed by atoms with Gasteiger partial charge in [-0.25, -0.2) is 9.97 Å². The first-order chi connectivity index (χ1) is 8.75. The summed E-state index contributed by atoms with van der Waals surface area (Å²) in [4.78, 5) is 22.7. The monoisotopic (exact) mass is 247 g/mol. The van der Waals surface area contributed by atoms with Crippen LogP contribution in [0.1, 0.15) is 41.9 Å². The molecule has 0 amide bonds. The molecule has 3 rings (SSSR count). The first-order valence-corrected chi connectivity index (χ1v) is 6.46. The molecule has 2 fully saturated rings. The normalized spacial score (nSPS) is 19.9. The number of carbonyl (C=O) groups is 1. The van der Waals surface area contributed by atoms with Crippen molar-refractivity contribution in [2.24, 2.45) is 0 Å². The Balaban J connectivity index is 1.96. The molecule has 1 saturated heterocycles. The van der Waals surface area contributed by atoms with Gasteiger partial charge in [-0.3, -0.25) is 4.79 Å². The predicted octanol–water partition coefficient (Wildman–Crippen LogP) is 1.39. The van der Waals surface area contributed by atoms with E-state index in [1.54, 1.807) is 13.1 Å². The molecule has 5 nitrogen and oxygen atoms in total. The van der Waals surface area contributed by atoms with Crippen LogP contribution in [0.25, 0.3) is 0 Å². The van der Waals surface area contributed by atoms with Gasteiger partial charge in [-0.1, -0.05) is 0 Å². The lowest BCUT2D eigenvalue weighted by Crippen LogP contribution is -2.38. The summed E-state index contributed by atoms with van der Waals surface area (Å²) in [5.74, 6) is 2.22. The van der Waals surface area contributed by atoms with Gasteiger partial charge in [0, 0.05) is 25.2 Å². The first-order valence-electron chi connectivity index (χ1n) is 6.46. The molecule has 0 unspecified atom stereocenters. The van der Waals surface area contributed by atoms with Crippen molar-refractivity contribution in [2.75, 3.05) is 31.2 Å². The van der Waals surface area contributed by atoms with Gasteiger partial charge in [0.1, 0.15) is 11.6 Å². The fourth-order valence-electron chi connectivity index (χ4n) is 2.19. The van der Waals surface area contributed by atoms with Gasteiger partial charge >= 0.3 is 0 Å². The summed E-state index contributed by atoms with van der Waals surface area (Å²) in [6.07, 6.45) is 4.03. The predicted molar refractivity (Wildman–Crippen MR) is 67.0 cm³/mol. The number of anilines is 1. The van der Waals surface area contributed by atoms with Crippen LogP contribution in [0.4, 0.5) is 5.82 Å². The van der Waals surface area contributed by atoms with Crippen LogP contribution in [0.2, 0.25) is 0 Å². The molecule has 0 aromatic carbocycles. The Morgan fingerprint density at radius 3 is 2.72 bits per heavy atom. The van der Waals surface area contributed by atoms with E-state index in [4.69, 9.17) is 4.74 Å². The Hall–Kier alpha value is -1.49. The highest BCUT2D eigenvalue weighted by Crippen LogP contribution is 2.38. The fraction of sp³-hybridized carbons (Fsp3) is 0.615. The highest BCUT2D eigenvalue weighted by atomic mass is 16.5. The molecule has 0 bridgehead atoms. The van der Waals surface area contributed by atoms with E-state index in [0.29, 0.717) is 24.7 Å². The van der Waals surface area contributed by atoms with Crippen molar-refractivity contribution < 1.29 is 9.53 Å². The molecule has 0 atom stereocenters. The van der Waals surface area contributed by atoms with Crippen LogP contribution < -0.4 is 4.90 Å². The molecule has 0 spiro atoms. The molecule has 96 valence electrons. The van der Waals surface area contributed by atoms with Gasteiger partial charge in [-0.2, -0.15) is 0 Å². The van der Waals surface area contributed by atoms with Gasteiger partial charge in [0.25, 0.3) is 0 Å². The minimum absolute atomic E-state index is 0.0267. The number of hydrogen-bond acceptors (Lipinski definition) is 5. The summed E-state index contributed by atoms with van der Waals surface area (Å²) >= 11 is 0. The van der Waals surface area contributed by atoms with Crippen LogP contribution in [0.15, 0.2) is 6.20 Å². The van der Waals surface area contributed by atoms with Crippen molar-refractivity contribution in [3.8, 4) is 0 Å². The quantitative estimate of drug-likeness (QED) is 0.755. The van der Waals surface area contributed by atoms with Gasteiger partial charge in [0.05, 0.1) is 18.8 Å². The molecule has 5 heteroatoms. The molecule has 18 heavy (non-hydrogen) atoms. The summed E-state index contributed by atoms with van der Waals surface area (Å²) in [5.41, 5.74) is 0.626. The Bertz CT molecular complexity index is 465. The third-order valence-electron chi connectivity index (χ3n) is 3.42. The maximum absolute atomic E-state index is 11.7. The summed E-state index contributed by atoms with van der Waals surface area (Å²) in [6.45, 7) is 4.54. The second-order valence-corrected chi connectivity index (χ2v) is 4.90. The van der Waals surface area contributed by atoms with Crippen LogP contribution in [0.5, 0.6) is 0 Å². The summed E-state index contributed by atoms with van der Waals surface area (Å²) in [6, 6.07) is 0. The van der Waals surface area contributed by atoms with Crippen molar-refractivity contribution in [3.63, 3.8) is 0 Å². The van der Waals surface area contributed by atoms with Gasteiger partial charge in [-0.15, -0.1) is 0 Å². The minimum Gasteiger partial charge on any atom is -0.378 e. The number of aromatic nitrogens is 2. The summed E-state index contributed by atoms with van der Waals surface area (Å²) in [7, 11) is 0. The van der Waals surface area contributed by atoms with Gasteiger partial charge in [0.2, 0.25) is 0 Å². The Labute approximate surface area is 106 Å². The van der Waals surface area contributed by atoms with Crippen molar-refractivity contribution >= 4 is 11.6 Å². The van der Waals surface area contributed by atoms with Gasteiger partial charge in [-0.05, 0) is 19.8 Å². The molecule has 0 N–H and O–H groups in total. The van der Waals surface area contributed by atoms with Crippen LogP contribution in [-0.4, -0.2) is 42.1 Å². The zero-order valence-electron chi connectivity index (χ0n) is 10.6. The van der Waals surface area contributed by atoms with E-state index >= 15 is 0 Å². The number of morpholine rings is 1. The van der Waals surface area contributed by atoms with Crippen LogP contribution in [0, 0.1) is 0 Å². The number of ketones is 1. The number of ether oxygens (including phenoxy) is 1. The molecule has 1 aromatic heterocycles. The average Bonchev–Trinajstić information content (AvgIpc) is 3.23. The average molecular weight is 247 g/mol. The number of hydrogen-bond donors (Lipinski definition) is 0. The van der Waals surface area contributed by atoms with E-state index in [-0.39, 0.29) is 5.78 Å². The highest BCUT2D eigenvalue weighted by molar-refractivity contribution is 5.98. The van der Waals surface area contributed by atoms with Crippen molar-refractivity contribution in [3.05, 3.63) is 17.6 Å². The van der Waals surface area contributed by atoms with E-state index in [0.717, 1.165) is 24.7 Å². The number of rotatable bonds is 3. The second-order valence-electron chi connectivity index (χ2n) is 4.90. The standard InChI is InChI=1S/C13H17N3O2/c1-9(17)11-8-14-12(10-2-3-10)15-13(11)16-4-6-18-7-5-16/h8,10H,2-7H2,1H3. The van der Waals surface area contributed by atoms with E-state index in [1.807, 2.05) is 0 Å². The number of nitrogens with zero attached hydrogens (tertiary/aromatic N) is 3. The van der Waals surface area contributed by atoms with E-state index in [2.05, 4.69) is 14.9 Å². The minimum atomic E-state index is 0.0267. The van der Waals surface area contributed by atoms with Crippen molar-refractivity contribution in [1.82, 2.24) is 9.97 Å². The lowest BCUT2D eigenvalue weighted by molar-refractivity contribution is 0.101. The molecular formula is C13H17N3O2. The molecule has 1 saturated carbocycles. The highest BCUT2D eigenvalue weighted by Gasteiger charge is 2.29. The third-order valence-corrected chi connectivity index (χ3v) is 3.42. The zero-order chi connectivity index (χ0) is 12.5. The largest absolute Gasteiger partial charge is 0.378 e. The van der Waals surface area contributed by atoms with Gasteiger partial charge < -0.3 is 9.64 Å². The topological polar surface area (TPSA) is 55.3 Å². The Morgan fingerprint density at radius 2 is 2.11 bits per heavy atom. The Kier molecular flexibility index (Phi) is 2.99. The number of Topliss-reactive ketones (excluding diaryl/α,β-unsaturated/α-hetero) is 1. The molecular weight excluding hydrogens is 230 g/mol.